The van der Waals surface area contributed by atoms with Crippen molar-refractivity contribution in [3.63, 3.8) is 0 Å². The number of unbranched alkanes of at least 4 members (excludes halogenated alkanes) is 18. The topological polar surface area (TPSA) is 17.8 Å². The van der Waals surface area contributed by atoms with Crippen molar-refractivity contribution in [2.24, 2.45) is 58.2 Å². The lowest BCUT2D eigenvalue weighted by Gasteiger charge is -2.58. The van der Waals surface area contributed by atoms with E-state index < -0.39 is 0 Å². The smallest absolute Gasteiger partial charge is 0.0945 e. The molecule has 0 aliphatic heterocycles. The van der Waals surface area contributed by atoms with Crippen LogP contribution in [0.2, 0.25) is 0 Å². The van der Waals surface area contributed by atoms with Crippen LogP contribution in [-0.4, -0.2) is 9.55 Å². The van der Waals surface area contributed by atoms with Crippen molar-refractivity contribution in [1.82, 2.24) is 9.55 Å². The first-order valence-corrected chi connectivity index (χ1v) is 28.0. The first kappa shape index (κ1) is 50.7. The number of hydrogen-bond acceptors (Lipinski definition) is 1. The van der Waals surface area contributed by atoms with Gasteiger partial charge in [-0.15, -0.1) is 0 Å². The van der Waals surface area contributed by atoms with E-state index in [0.29, 0.717) is 10.8 Å². The lowest BCUT2D eigenvalue weighted by Crippen LogP contribution is -2.50. The zero-order valence-corrected chi connectivity index (χ0v) is 41.9. The summed E-state index contributed by atoms with van der Waals surface area (Å²) < 4.78 is 2.35. The highest BCUT2D eigenvalue weighted by atomic mass is 15.0. The zero-order valence-electron chi connectivity index (χ0n) is 41.9. The first-order chi connectivity index (χ1) is 29.7. The van der Waals surface area contributed by atoms with Gasteiger partial charge in [-0.25, -0.2) is 4.98 Å². The molecule has 1 heterocycles. The van der Waals surface area contributed by atoms with Gasteiger partial charge in [0.1, 0.15) is 0 Å². The monoisotopic (exact) mass is 841 g/mol. The molecule has 1 aromatic rings. The molecule has 1 aromatic heterocycles. The van der Waals surface area contributed by atoms with Crippen LogP contribution < -0.4 is 0 Å². The van der Waals surface area contributed by atoms with E-state index in [4.69, 9.17) is 0 Å². The molecule has 0 radical (unpaired) electrons. The van der Waals surface area contributed by atoms with Crippen LogP contribution in [0, 0.1) is 58.2 Å². The summed E-state index contributed by atoms with van der Waals surface area (Å²) in [5, 5.41) is 0. The van der Waals surface area contributed by atoms with E-state index in [1.807, 2.05) is 18.1 Å². The summed E-state index contributed by atoms with van der Waals surface area (Å²) in [4.78, 5) is 4.36. The van der Waals surface area contributed by atoms with Crippen LogP contribution in [0.4, 0.5) is 0 Å². The minimum Gasteiger partial charge on any atom is -0.337 e. The van der Waals surface area contributed by atoms with Crippen molar-refractivity contribution in [3.8, 4) is 0 Å². The fourth-order valence-corrected chi connectivity index (χ4v) is 14.5. The second-order valence-electron chi connectivity index (χ2n) is 23.3. The third-order valence-corrected chi connectivity index (χ3v) is 18.3. The summed E-state index contributed by atoms with van der Waals surface area (Å²) in [6, 6.07) is 0. The predicted molar refractivity (Wildman–Crippen MR) is 268 cm³/mol. The Hall–Kier alpha value is -1.31. The van der Waals surface area contributed by atoms with E-state index in [-0.39, 0.29) is 0 Å². The Morgan fingerprint density at radius 2 is 1.31 bits per heavy atom. The number of fused-ring (bicyclic) bond motifs is 5. The summed E-state index contributed by atoms with van der Waals surface area (Å²) in [6.45, 7) is 16.4. The van der Waals surface area contributed by atoms with Gasteiger partial charge in [-0.2, -0.15) is 0 Å². The van der Waals surface area contributed by atoms with E-state index in [0.717, 1.165) is 47.3 Å². The Labute approximate surface area is 381 Å². The molecular formula is C59H104N2. The highest BCUT2D eigenvalue weighted by Gasteiger charge is 2.59. The molecule has 0 N–H and O–H groups in total. The molecule has 0 amide bonds. The minimum atomic E-state index is 0.513. The number of rotatable bonds is 33. The highest BCUT2D eigenvalue weighted by Crippen LogP contribution is 2.67. The Bertz CT molecular complexity index is 1320. The molecule has 3 saturated carbocycles. The van der Waals surface area contributed by atoms with E-state index in [9.17, 15) is 0 Å². The van der Waals surface area contributed by atoms with E-state index >= 15 is 0 Å². The summed E-state index contributed by atoms with van der Waals surface area (Å²) in [5.74, 6) is 7.46. The second-order valence-corrected chi connectivity index (χ2v) is 23.3. The third-order valence-electron chi connectivity index (χ3n) is 18.3. The molecule has 61 heavy (non-hydrogen) atoms. The summed E-state index contributed by atoms with van der Waals surface area (Å²) in [6.07, 6.45) is 64.2. The molecule has 4 aliphatic carbocycles. The SMILES string of the molecule is CCCCCCCC/C=C\CCCCCCCCCCC(CCCCCCC[C@H]1CC[C@@]2(C)C(=CCC3C4CCC(C(C)CCCC(C)C)[C@@]4(C)CCC32)C1)Cn1ccnc1. The van der Waals surface area contributed by atoms with Gasteiger partial charge in [0.05, 0.1) is 6.33 Å². The highest BCUT2D eigenvalue weighted by molar-refractivity contribution is 5.25. The van der Waals surface area contributed by atoms with Gasteiger partial charge in [0.15, 0.2) is 0 Å². The zero-order chi connectivity index (χ0) is 43.2. The van der Waals surface area contributed by atoms with Crippen molar-refractivity contribution in [2.45, 2.75) is 273 Å². The molecule has 0 saturated heterocycles. The Balaban J connectivity index is 0.901. The van der Waals surface area contributed by atoms with Crippen molar-refractivity contribution < 1.29 is 0 Å². The van der Waals surface area contributed by atoms with Gasteiger partial charge >= 0.3 is 0 Å². The molecule has 2 nitrogen and oxygen atoms in total. The molecule has 3 fully saturated rings. The third kappa shape index (κ3) is 16.3. The Morgan fingerprint density at radius 1 is 0.672 bits per heavy atom. The molecule has 5 rings (SSSR count). The van der Waals surface area contributed by atoms with Gasteiger partial charge in [-0.3, -0.25) is 0 Å². The average Bonchev–Trinajstić information content (AvgIpc) is 3.90. The average molecular weight is 841 g/mol. The quantitative estimate of drug-likeness (QED) is 0.0509. The molecule has 6 unspecified atom stereocenters. The number of hydrogen-bond donors (Lipinski definition) is 0. The van der Waals surface area contributed by atoms with Crippen LogP contribution >= 0.6 is 0 Å². The van der Waals surface area contributed by atoms with Gasteiger partial charge < -0.3 is 4.57 Å². The van der Waals surface area contributed by atoms with Crippen molar-refractivity contribution in [2.75, 3.05) is 0 Å². The van der Waals surface area contributed by atoms with E-state index in [1.54, 1.807) is 0 Å². The Kier molecular flexibility index (Phi) is 23.2. The molecule has 0 aromatic carbocycles. The Morgan fingerprint density at radius 3 is 1.95 bits per heavy atom. The van der Waals surface area contributed by atoms with Gasteiger partial charge in [-0.1, -0.05) is 200 Å². The molecule has 350 valence electrons. The van der Waals surface area contributed by atoms with Gasteiger partial charge in [0.25, 0.3) is 0 Å². The van der Waals surface area contributed by atoms with Crippen LogP contribution in [0.25, 0.3) is 0 Å². The molecule has 2 heteroatoms. The molecule has 9 atom stereocenters. The minimum absolute atomic E-state index is 0.513. The van der Waals surface area contributed by atoms with Gasteiger partial charge in [0.2, 0.25) is 0 Å². The lowest BCUT2D eigenvalue weighted by atomic mass is 9.46. The second kappa shape index (κ2) is 27.9. The van der Waals surface area contributed by atoms with Crippen molar-refractivity contribution in [1.29, 1.82) is 0 Å². The van der Waals surface area contributed by atoms with Crippen LogP contribution in [0.1, 0.15) is 266 Å². The maximum Gasteiger partial charge on any atom is 0.0945 e. The van der Waals surface area contributed by atoms with Crippen LogP contribution in [0.15, 0.2) is 42.5 Å². The summed E-state index contributed by atoms with van der Waals surface area (Å²) in [5.41, 5.74) is 3.04. The lowest BCUT2D eigenvalue weighted by molar-refractivity contribution is -0.0529. The molecule has 4 aliphatic rings. The first-order valence-electron chi connectivity index (χ1n) is 28.0. The standard InChI is InChI=1S/C59H104N2/c1-7-8-9-10-11-12-13-14-15-16-17-18-19-20-21-22-24-28-34-52(47-61-45-44-60-48-61)35-29-26-23-25-27-33-51-40-42-58(5)53(46-51)36-37-54-56-39-38-55(50(4)32-30-31-49(2)3)59(56,6)43-41-57(54)58/h14-15,36,44-45,48-52,54-57H,7-13,16-35,37-43,46-47H2,1-6H3/b15-14-/t50?,51-,52?,54?,55?,56?,57?,58-,59+/m0/s1. The normalized spacial score (nSPS) is 28.5. The molecule has 0 spiro atoms. The van der Waals surface area contributed by atoms with E-state index in [2.05, 4.69) is 75.5 Å². The predicted octanol–water partition coefficient (Wildman–Crippen LogP) is 19.1. The number of aromatic nitrogens is 2. The molecule has 0 bridgehead atoms. The van der Waals surface area contributed by atoms with Crippen molar-refractivity contribution in [3.05, 3.63) is 42.5 Å². The van der Waals surface area contributed by atoms with Crippen LogP contribution in [0.3, 0.4) is 0 Å². The molecular weight excluding hydrogens is 737 g/mol. The number of nitrogens with zero attached hydrogens (tertiary/aromatic N) is 2. The van der Waals surface area contributed by atoms with Crippen LogP contribution in [-0.2, 0) is 6.54 Å². The maximum absolute atomic E-state index is 4.36. The van der Waals surface area contributed by atoms with Gasteiger partial charge in [0, 0.05) is 18.9 Å². The fraction of sp³-hybridized carbons (Fsp3) is 0.881. The number of allylic oxidation sites excluding steroid dienone is 4. The van der Waals surface area contributed by atoms with Crippen molar-refractivity contribution >= 4 is 0 Å². The van der Waals surface area contributed by atoms with E-state index in [1.165, 1.54) is 231 Å². The van der Waals surface area contributed by atoms with Crippen LogP contribution in [0.5, 0.6) is 0 Å². The van der Waals surface area contributed by atoms with Gasteiger partial charge in [-0.05, 0) is 148 Å². The fourth-order valence-electron chi connectivity index (χ4n) is 14.5. The summed E-state index contributed by atoms with van der Waals surface area (Å²) >= 11 is 0. The summed E-state index contributed by atoms with van der Waals surface area (Å²) in [7, 11) is 0. The number of imidazole rings is 1. The maximum atomic E-state index is 4.36. The largest absolute Gasteiger partial charge is 0.337 e.